The Morgan fingerprint density at radius 2 is 1.90 bits per heavy atom. The van der Waals surface area contributed by atoms with E-state index in [1.165, 1.54) is 0 Å². The minimum absolute atomic E-state index is 0.122. The quantitative estimate of drug-likeness (QED) is 0.902. The summed E-state index contributed by atoms with van der Waals surface area (Å²) in [7, 11) is 0. The number of rotatable bonds is 3. The predicted molar refractivity (Wildman–Crippen MR) is 81.8 cm³/mol. The molecule has 6 heteroatoms. The summed E-state index contributed by atoms with van der Waals surface area (Å²) in [5.41, 5.74) is 1.00. The van der Waals surface area contributed by atoms with Crippen molar-refractivity contribution in [2.24, 2.45) is 0 Å². The first-order chi connectivity index (χ1) is 10.1. The van der Waals surface area contributed by atoms with Crippen LogP contribution in [0.15, 0.2) is 18.2 Å². The monoisotopic (exact) mass is 307 g/mol. The molecule has 2 N–H and O–H groups in total. The highest BCUT2D eigenvalue weighted by molar-refractivity contribution is 6.34. The van der Waals surface area contributed by atoms with Gasteiger partial charge in [0.2, 0.25) is 0 Å². The molecule has 3 rings (SSSR count). The van der Waals surface area contributed by atoms with E-state index >= 15 is 0 Å². The van der Waals surface area contributed by atoms with Gasteiger partial charge in [0.25, 0.3) is 5.91 Å². The van der Waals surface area contributed by atoms with Crippen molar-refractivity contribution in [3.8, 4) is 0 Å². The molecule has 0 aromatic heterocycles. The van der Waals surface area contributed by atoms with Gasteiger partial charge in [-0.25, -0.2) is 4.79 Å². The van der Waals surface area contributed by atoms with Crippen LogP contribution in [0.2, 0.25) is 5.02 Å². The molecule has 1 aromatic rings. The molecule has 0 atom stereocenters. The number of benzene rings is 1. The number of nitrogens with zero attached hydrogens (tertiary/aromatic N) is 1. The number of carbonyl (C=O) groups excluding carboxylic acids is 2. The summed E-state index contributed by atoms with van der Waals surface area (Å²) in [5.74, 6) is -0.181. The van der Waals surface area contributed by atoms with Gasteiger partial charge in [-0.15, -0.1) is 0 Å². The Morgan fingerprint density at radius 1 is 1.19 bits per heavy atom. The maximum atomic E-state index is 12.1. The Kier molecular flexibility index (Phi) is 4.01. The van der Waals surface area contributed by atoms with E-state index in [1.807, 2.05) is 0 Å². The van der Waals surface area contributed by atoms with Crippen molar-refractivity contribution in [1.82, 2.24) is 10.2 Å². The van der Waals surface area contributed by atoms with Gasteiger partial charge in [-0.1, -0.05) is 11.6 Å². The number of carbonyl (C=O) groups is 2. The van der Waals surface area contributed by atoms with E-state index in [9.17, 15) is 9.59 Å². The Hall–Kier alpha value is -1.75. The van der Waals surface area contributed by atoms with Crippen molar-refractivity contribution in [3.05, 3.63) is 28.8 Å². The molecule has 0 spiro atoms. The maximum Gasteiger partial charge on any atom is 0.321 e. The average molecular weight is 308 g/mol. The van der Waals surface area contributed by atoms with Crippen LogP contribution in [0, 0.1) is 0 Å². The van der Waals surface area contributed by atoms with Crippen LogP contribution >= 0.6 is 11.6 Å². The van der Waals surface area contributed by atoms with Crippen LogP contribution in [0.1, 0.15) is 36.0 Å². The van der Waals surface area contributed by atoms with E-state index in [0.29, 0.717) is 16.3 Å². The summed E-state index contributed by atoms with van der Waals surface area (Å²) in [5, 5.41) is 6.12. The van der Waals surface area contributed by atoms with E-state index in [4.69, 9.17) is 11.6 Å². The lowest BCUT2D eigenvalue weighted by molar-refractivity contribution is 0.0951. The van der Waals surface area contributed by atoms with Gasteiger partial charge in [0.15, 0.2) is 0 Å². The van der Waals surface area contributed by atoms with Crippen molar-refractivity contribution in [2.45, 2.75) is 31.7 Å². The number of urea groups is 1. The van der Waals surface area contributed by atoms with Crippen molar-refractivity contribution in [2.75, 3.05) is 18.4 Å². The number of anilines is 1. The molecule has 112 valence electrons. The summed E-state index contributed by atoms with van der Waals surface area (Å²) in [6, 6.07) is 5.14. The summed E-state index contributed by atoms with van der Waals surface area (Å²) in [6.07, 6.45) is 4.13. The molecule has 1 heterocycles. The lowest BCUT2D eigenvalue weighted by Crippen LogP contribution is -2.32. The zero-order chi connectivity index (χ0) is 14.8. The number of halogens is 1. The second-order valence-corrected chi connectivity index (χ2v) is 5.97. The van der Waals surface area contributed by atoms with Crippen LogP contribution in [-0.4, -0.2) is 36.0 Å². The van der Waals surface area contributed by atoms with Gasteiger partial charge in [-0.3, -0.25) is 4.79 Å². The fourth-order valence-electron chi connectivity index (χ4n) is 2.39. The molecule has 2 fully saturated rings. The first-order valence-electron chi connectivity index (χ1n) is 7.30. The summed E-state index contributed by atoms with van der Waals surface area (Å²) >= 11 is 6.07. The van der Waals surface area contributed by atoms with E-state index in [0.717, 1.165) is 38.8 Å². The zero-order valence-corrected chi connectivity index (χ0v) is 12.4. The second-order valence-electron chi connectivity index (χ2n) is 5.57. The van der Waals surface area contributed by atoms with E-state index < -0.39 is 0 Å². The molecule has 0 unspecified atom stereocenters. The van der Waals surface area contributed by atoms with Crippen molar-refractivity contribution in [1.29, 1.82) is 0 Å². The lowest BCUT2D eigenvalue weighted by Gasteiger charge is -2.16. The smallest absolute Gasteiger partial charge is 0.321 e. The molecule has 1 saturated heterocycles. The van der Waals surface area contributed by atoms with Crippen LogP contribution in [-0.2, 0) is 0 Å². The molecule has 0 bridgehead atoms. The highest BCUT2D eigenvalue weighted by Crippen LogP contribution is 2.24. The van der Waals surface area contributed by atoms with Crippen molar-refractivity contribution >= 4 is 29.2 Å². The largest absolute Gasteiger partial charge is 0.349 e. The standard InChI is InChI=1S/C15H18ClN3O2/c16-13-6-5-11(18-15(21)19-7-1-2-8-19)9-12(13)14(20)17-10-3-4-10/h5-6,9-10H,1-4,7-8H2,(H,17,20)(H,18,21). The van der Waals surface area contributed by atoms with E-state index in [2.05, 4.69) is 10.6 Å². The number of amides is 3. The Balaban J connectivity index is 1.70. The molecule has 2 aliphatic rings. The molecule has 1 saturated carbocycles. The van der Waals surface area contributed by atoms with Crippen molar-refractivity contribution < 1.29 is 9.59 Å². The maximum absolute atomic E-state index is 12.1. The SMILES string of the molecule is O=C(NC1CC1)c1cc(NC(=O)N2CCCC2)ccc1Cl. The molecular formula is C15H18ClN3O2. The van der Waals surface area contributed by atoms with Gasteiger partial charge < -0.3 is 15.5 Å². The van der Waals surface area contributed by atoms with Crippen LogP contribution in [0.3, 0.4) is 0 Å². The molecule has 0 radical (unpaired) electrons. The molecule has 1 aliphatic carbocycles. The molecule has 5 nitrogen and oxygen atoms in total. The molecule has 21 heavy (non-hydrogen) atoms. The number of nitrogens with one attached hydrogen (secondary N) is 2. The third kappa shape index (κ3) is 3.47. The summed E-state index contributed by atoms with van der Waals surface area (Å²) in [6.45, 7) is 1.57. The normalized spacial score (nSPS) is 17.7. The third-order valence-corrected chi connectivity index (χ3v) is 4.10. The van der Waals surface area contributed by atoms with Gasteiger partial charge >= 0.3 is 6.03 Å². The number of likely N-dealkylation sites (tertiary alicyclic amines) is 1. The zero-order valence-electron chi connectivity index (χ0n) is 11.7. The Labute approximate surface area is 128 Å². The van der Waals surface area contributed by atoms with Gasteiger partial charge in [0.1, 0.15) is 0 Å². The predicted octanol–water partition coefficient (Wildman–Crippen LogP) is 2.86. The van der Waals surface area contributed by atoms with Gasteiger partial charge in [0.05, 0.1) is 10.6 Å². The molecule has 1 aliphatic heterocycles. The van der Waals surface area contributed by atoms with Crippen LogP contribution < -0.4 is 10.6 Å². The lowest BCUT2D eigenvalue weighted by atomic mass is 10.2. The second kappa shape index (κ2) is 5.93. The van der Waals surface area contributed by atoms with Crippen LogP contribution in [0.5, 0.6) is 0 Å². The molecule has 3 amide bonds. The Morgan fingerprint density at radius 3 is 2.57 bits per heavy atom. The van der Waals surface area contributed by atoms with Crippen molar-refractivity contribution in [3.63, 3.8) is 0 Å². The first kappa shape index (κ1) is 14.2. The van der Waals surface area contributed by atoms with Crippen LogP contribution in [0.25, 0.3) is 0 Å². The van der Waals surface area contributed by atoms with E-state index in [-0.39, 0.29) is 18.0 Å². The minimum Gasteiger partial charge on any atom is -0.349 e. The van der Waals surface area contributed by atoms with Crippen LogP contribution in [0.4, 0.5) is 10.5 Å². The number of hydrogen-bond acceptors (Lipinski definition) is 2. The number of hydrogen-bond donors (Lipinski definition) is 2. The third-order valence-electron chi connectivity index (χ3n) is 3.77. The summed E-state index contributed by atoms with van der Waals surface area (Å²) in [4.78, 5) is 25.9. The van der Waals surface area contributed by atoms with Gasteiger partial charge in [-0.05, 0) is 43.9 Å². The fraction of sp³-hybridized carbons (Fsp3) is 0.467. The molecule has 1 aromatic carbocycles. The minimum atomic E-state index is -0.181. The molecular weight excluding hydrogens is 290 g/mol. The Bertz CT molecular complexity index is 566. The van der Waals surface area contributed by atoms with Gasteiger partial charge in [-0.2, -0.15) is 0 Å². The fourth-order valence-corrected chi connectivity index (χ4v) is 2.59. The van der Waals surface area contributed by atoms with E-state index in [1.54, 1.807) is 23.1 Å². The highest BCUT2D eigenvalue weighted by Gasteiger charge is 2.25. The average Bonchev–Trinajstić information content (AvgIpc) is 3.10. The van der Waals surface area contributed by atoms with Gasteiger partial charge in [0, 0.05) is 24.8 Å². The first-order valence-corrected chi connectivity index (χ1v) is 7.67. The topological polar surface area (TPSA) is 61.4 Å². The highest BCUT2D eigenvalue weighted by atomic mass is 35.5. The summed E-state index contributed by atoms with van der Waals surface area (Å²) < 4.78 is 0.